The molecule has 1 atom stereocenters. The average Bonchev–Trinajstić information content (AvgIpc) is 2.59. The minimum atomic E-state index is -0.574. The molecule has 1 saturated carbocycles. The standard InChI is InChI=1S/C19H21FN2O3/c1-25-18-6-5-12(10-16(18)20)19(24)22-17(13-8-15(23)9-13)11-14-4-2-3-7-21-14/h2-7,10,13,15,17,23H,8-9,11H2,1H3,(H,22,24)/t13?,15?,17-/m0/s1. The monoisotopic (exact) mass is 344 g/mol. The van der Waals surface area contributed by atoms with E-state index in [4.69, 9.17) is 4.74 Å². The fourth-order valence-corrected chi connectivity index (χ4v) is 3.10. The molecule has 1 aliphatic rings. The molecular weight excluding hydrogens is 323 g/mol. The van der Waals surface area contributed by atoms with Crippen LogP contribution < -0.4 is 10.1 Å². The van der Waals surface area contributed by atoms with Gasteiger partial charge in [-0.15, -0.1) is 0 Å². The van der Waals surface area contributed by atoms with Crippen LogP contribution >= 0.6 is 0 Å². The first kappa shape index (κ1) is 17.4. The predicted octanol–water partition coefficient (Wildman–Crippen LogP) is 2.34. The Morgan fingerprint density at radius 1 is 1.40 bits per heavy atom. The van der Waals surface area contributed by atoms with E-state index in [2.05, 4.69) is 10.3 Å². The molecule has 0 saturated heterocycles. The number of nitrogens with zero attached hydrogens (tertiary/aromatic N) is 1. The van der Waals surface area contributed by atoms with E-state index in [1.807, 2.05) is 18.2 Å². The summed E-state index contributed by atoms with van der Waals surface area (Å²) in [7, 11) is 1.38. The molecule has 0 unspecified atom stereocenters. The molecule has 1 aromatic carbocycles. The van der Waals surface area contributed by atoms with Crippen molar-refractivity contribution in [2.45, 2.75) is 31.4 Å². The van der Waals surface area contributed by atoms with Crippen LogP contribution in [0.3, 0.4) is 0 Å². The molecular formula is C19H21FN2O3. The number of methoxy groups -OCH3 is 1. The lowest BCUT2D eigenvalue weighted by atomic mass is 9.76. The van der Waals surface area contributed by atoms with E-state index < -0.39 is 5.82 Å². The summed E-state index contributed by atoms with van der Waals surface area (Å²) in [4.78, 5) is 16.8. The van der Waals surface area contributed by atoms with Crippen molar-refractivity contribution >= 4 is 5.91 Å². The summed E-state index contributed by atoms with van der Waals surface area (Å²) in [5, 5.41) is 12.6. The van der Waals surface area contributed by atoms with Crippen LogP contribution in [0, 0.1) is 11.7 Å². The van der Waals surface area contributed by atoms with Gasteiger partial charge in [0.15, 0.2) is 11.6 Å². The average molecular weight is 344 g/mol. The van der Waals surface area contributed by atoms with Gasteiger partial charge in [-0.25, -0.2) is 4.39 Å². The lowest BCUT2D eigenvalue weighted by Crippen LogP contribution is -2.48. The quantitative estimate of drug-likeness (QED) is 0.844. The Labute approximate surface area is 145 Å². The summed E-state index contributed by atoms with van der Waals surface area (Å²) in [6.45, 7) is 0. The molecule has 132 valence electrons. The molecule has 1 aliphatic carbocycles. The van der Waals surface area contributed by atoms with E-state index in [1.54, 1.807) is 6.20 Å². The smallest absolute Gasteiger partial charge is 0.251 e. The number of nitrogens with one attached hydrogen (secondary N) is 1. The number of amides is 1. The molecule has 0 spiro atoms. The van der Waals surface area contributed by atoms with Crippen molar-refractivity contribution in [3.05, 3.63) is 59.7 Å². The van der Waals surface area contributed by atoms with Gasteiger partial charge in [-0.2, -0.15) is 0 Å². The van der Waals surface area contributed by atoms with Gasteiger partial charge in [0.25, 0.3) is 5.91 Å². The highest BCUT2D eigenvalue weighted by atomic mass is 19.1. The Bertz CT molecular complexity index is 733. The molecule has 1 fully saturated rings. The van der Waals surface area contributed by atoms with E-state index in [-0.39, 0.29) is 35.3 Å². The highest BCUT2D eigenvalue weighted by molar-refractivity contribution is 5.94. The van der Waals surface area contributed by atoms with Gasteiger partial charge in [0.1, 0.15) is 0 Å². The molecule has 5 nitrogen and oxygen atoms in total. The summed E-state index contributed by atoms with van der Waals surface area (Å²) < 4.78 is 18.7. The Morgan fingerprint density at radius 2 is 2.20 bits per heavy atom. The zero-order chi connectivity index (χ0) is 17.8. The van der Waals surface area contributed by atoms with Gasteiger partial charge in [0, 0.05) is 29.9 Å². The minimum Gasteiger partial charge on any atom is -0.494 e. The largest absolute Gasteiger partial charge is 0.494 e. The van der Waals surface area contributed by atoms with Crippen LogP contribution in [0.4, 0.5) is 4.39 Å². The number of hydrogen-bond donors (Lipinski definition) is 2. The molecule has 0 aliphatic heterocycles. The van der Waals surface area contributed by atoms with E-state index in [9.17, 15) is 14.3 Å². The zero-order valence-corrected chi connectivity index (χ0v) is 14.0. The van der Waals surface area contributed by atoms with Crippen LogP contribution in [0.1, 0.15) is 28.9 Å². The van der Waals surface area contributed by atoms with Gasteiger partial charge < -0.3 is 15.2 Å². The summed E-state index contributed by atoms with van der Waals surface area (Å²) in [5.41, 5.74) is 1.11. The van der Waals surface area contributed by atoms with Crippen molar-refractivity contribution in [1.29, 1.82) is 0 Å². The first-order valence-electron chi connectivity index (χ1n) is 8.29. The number of pyridine rings is 1. The van der Waals surface area contributed by atoms with Crippen LogP contribution in [-0.2, 0) is 6.42 Å². The van der Waals surface area contributed by atoms with Gasteiger partial charge in [-0.05, 0) is 49.1 Å². The van der Waals surface area contributed by atoms with Gasteiger partial charge >= 0.3 is 0 Å². The molecule has 2 N–H and O–H groups in total. The van der Waals surface area contributed by atoms with Crippen molar-refractivity contribution in [2.24, 2.45) is 5.92 Å². The Balaban J connectivity index is 1.73. The maximum atomic E-state index is 13.8. The predicted molar refractivity (Wildman–Crippen MR) is 90.9 cm³/mol. The number of halogens is 1. The van der Waals surface area contributed by atoms with Crippen molar-refractivity contribution in [3.8, 4) is 5.75 Å². The van der Waals surface area contributed by atoms with E-state index in [0.717, 1.165) is 5.69 Å². The second kappa shape index (κ2) is 7.61. The third-order valence-electron chi connectivity index (χ3n) is 4.60. The molecule has 1 heterocycles. The molecule has 1 aromatic heterocycles. The maximum Gasteiger partial charge on any atom is 0.251 e. The van der Waals surface area contributed by atoms with E-state index in [1.165, 1.54) is 25.3 Å². The van der Waals surface area contributed by atoms with Gasteiger partial charge in [-0.3, -0.25) is 9.78 Å². The molecule has 25 heavy (non-hydrogen) atoms. The number of aliphatic hydroxyl groups is 1. The van der Waals surface area contributed by atoms with Gasteiger partial charge in [-0.1, -0.05) is 6.07 Å². The highest BCUT2D eigenvalue weighted by Gasteiger charge is 2.35. The second-order valence-electron chi connectivity index (χ2n) is 6.34. The molecule has 1 amide bonds. The number of hydrogen-bond acceptors (Lipinski definition) is 4. The third kappa shape index (κ3) is 4.14. The molecule has 2 aromatic rings. The number of benzene rings is 1. The summed E-state index contributed by atoms with van der Waals surface area (Å²) in [6, 6.07) is 9.62. The second-order valence-corrected chi connectivity index (χ2v) is 6.34. The van der Waals surface area contributed by atoms with Gasteiger partial charge in [0.05, 0.1) is 13.2 Å². The SMILES string of the molecule is COc1ccc(C(=O)N[C@@H](Cc2ccccn2)C2CC(O)C2)cc1F. The van der Waals surface area contributed by atoms with Crippen LogP contribution in [0.25, 0.3) is 0 Å². The van der Waals surface area contributed by atoms with Crippen molar-refractivity contribution in [3.63, 3.8) is 0 Å². The normalized spacial score (nSPS) is 20.4. The lowest BCUT2D eigenvalue weighted by molar-refractivity contribution is 0.0238. The molecule has 6 heteroatoms. The summed E-state index contributed by atoms with van der Waals surface area (Å²) in [6.07, 6.45) is 3.26. The fraction of sp³-hybridized carbons (Fsp3) is 0.368. The minimum absolute atomic E-state index is 0.101. The van der Waals surface area contributed by atoms with Crippen molar-refractivity contribution < 1.29 is 19.0 Å². The molecule has 3 rings (SSSR count). The highest BCUT2D eigenvalue weighted by Crippen LogP contribution is 2.31. The molecule has 0 radical (unpaired) electrons. The number of ether oxygens (including phenoxy) is 1. The van der Waals surface area contributed by atoms with Gasteiger partial charge in [0.2, 0.25) is 0 Å². The maximum absolute atomic E-state index is 13.8. The Hall–Kier alpha value is -2.47. The number of carbonyl (C=O) groups excluding carboxylic acids is 1. The van der Waals surface area contributed by atoms with Crippen molar-refractivity contribution in [2.75, 3.05) is 7.11 Å². The first-order valence-corrected chi connectivity index (χ1v) is 8.29. The number of rotatable bonds is 6. The third-order valence-corrected chi connectivity index (χ3v) is 4.60. The van der Waals surface area contributed by atoms with Crippen LogP contribution in [-0.4, -0.2) is 35.3 Å². The van der Waals surface area contributed by atoms with Crippen LogP contribution in [0.15, 0.2) is 42.6 Å². The van der Waals surface area contributed by atoms with Crippen LogP contribution in [0.2, 0.25) is 0 Å². The summed E-state index contributed by atoms with van der Waals surface area (Å²) >= 11 is 0. The fourth-order valence-electron chi connectivity index (χ4n) is 3.10. The van der Waals surface area contributed by atoms with E-state index in [0.29, 0.717) is 19.3 Å². The lowest BCUT2D eigenvalue weighted by Gasteiger charge is -2.38. The number of carbonyl (C=O) groups is 1. The first-order chi connectivity index (χ1) is 12.1. The van der Waals surface area contributed by atoms with Crippen molar-refractivity contribution in [1.82, 2.24) is 10.3 Å². The Kier molecular flexibility index (Phi) is 5.28. The number of aliphatic hydroxyl groups excluding tert-OH is 1. The molecule has 0 bridgehead atoms. The Morgan fingerprint density at radius 3 is 2.80 bits per heavy atom. The van der Waals surface area contributed by atoms with E-state index >= 15 is 0 Å². The summed E-state index contributed by atoms with van der Waals surface area (Å²) in [5.74, 6) is -0.632. The zero-order valence-electron chi connectivity index (χ0n) is 14.0. The van der Waals surface area contributed by atoms with Crippen LogP contribution in [0.5, 0.6) is 5.75 Å². The topological polar surface area (TPSA) is 71.5 Å². The number of aromatic nitrogens is 1.